The fraction of sp³-hybridized carbons (Fsp3) is 0.854. The maximum Gasteiger partial charge on any atom is 0.306 e. The molecule has 0 aromatic rings. The number of allylic oxidation sites excluding steroid dienone is 10. The Labute approximate surface area is 572 Å². The minimum atomic E-state index is -4.64. The Balaban J connectivity index is 3.93. The first-order valence-electron chi connectivity index (χ1n) is 40.0. The molecule has 0 fully saturated rings. The van der Waals surface area contributed by atoms with Crippen LogP contribution < -0.4 is 4.89 Å². The van der Waals surface area contributed by atoms with E-state index < -0.39 is 26.5 Å². The number of quaternary nitrogens is 1. The largest absolute Gasteiger partial charge is 0.756 e. The van der Waals surface area contributed by atoms with Gasteiger partial charge in [-0.25, -0.2) is 0 Å². The summed E-state index contributed by atoms with van der Waals surface area (Å²) in [7, 11) is 1.19. The maximum absolute atomic E-state index is 12.9. The molecular formula is C82H154NO8P. The second-order valence-corrected chi connectivity index (χ2v) is 29.8. The molecule has 540 valence electrons. The highest BCUT2D eigenvalue weighted by atomic mass is 31.2. The van der Waals surface area contributed by atoms with Crippen LogP contribution in [0.4, 0.5) is 0 Å². The van der Waals surface area contributed by atoms with Crippen molar-refractivity contribution < 1.29 is 42.1 Å². The molecule has 0 saturated heterocycles. The second kappa shape index (κ2) is 73.0. The van der Waals surface area contributed by atoms with Crippen molar-refractivity contribution in [1.29, 1.82) is 0 Å². The van der Waals surface area contributed by atoms with Crippen LogP contribution in [0.15, 0.2) is 60.8 Å². The summed E-state index contributed by atoms with van der Waals surface area (Å²) in [6.07, 6.45) is 97.7. The van der Waals surface area contributed by atoms with Crippen LogP contribution in [0.1, 0.15) is 399 Å². The van der Waals surface area contributed by atoms with E-state index in [-0.39, 0.29) is 32.0 Å². The number of likely N-dealkylation sites (N-methyl/N-ethyl adjacent to an activating group) is 1. The molecule has 0 saturated carbocycles. The summed E-state index contributed by atoms with van der Waals surface area (Å²) < 4.78 is 34.4. The molecule has 0 N–H and O–H groups in total. The number of phosphoric acid groups is 1. The quantitative estimate of drug-likeness (QED) is 0.0195. The SMILES string of the molecule is CCCCCCC/C=C\C/C=C\C/C=C\CCCCCCCCCCCCCCCCCCCCC(=O)OC(COC(=O)CCCCCCCCCCCCCCCCCCCCCCCCC/C=C\C/C=C\CCCCCCC)COP(=O)([O-])OCC[N+](C)(C)C. The van der Waals surface area contributed by atoms with Crippen LogP contribution in [0.2, 0.25) is 0 Å². The smallest absolute Gasteiger partial charge is 0.306 e. The van der Waals surface area contributed by atoms with E-state index in [1.165, 1.54) is 315 Å². The van der Waals surface area contributed by atoms with Gasteiger partial charge in [0.25, 0.3) is 7.82 Å². The summed E-state index contributed by atoms with van der Waals surface area (Å²) in [5.41, 5.74) is 0. The zero-order valence-corrected chi connectivity index (χ0v) is 62.7. The highest BCUT2D eigenvalue weighted by Gasteiger charge is 2.22. The van der Waals surface area contributed by atoms with E-state index in [2.05, 4.69) is 74.6 Å². The Bertz CT molecular complexity index is 1740. The number of phosphoric ester groups is 1. The highest BCUT2D eigenvalue weighted by molar-refractivity contribution is 7.45. The third-order valence-corrected chi connectivity index (χ3v) is 19.0. The lowest BCUT2D eigenvalue weighted by Gasteiger charge is -2.28. The molecule has 0 bridgehead atoms. The van der Waals surface area contributed by atoms with Crippen LogP contribution in [-0.2, 0) is 32.7 Å². The number of carbonyl (C=O) groups is 2. The van der Waals surface area contributed by atoms with Crippen molar-refractivity contribution in [2.24, 2.45) is 0 Å². The van der Waals surface area contributed by atoms with Crippen molar-refractivity contribution in [3.8, 4) is 0 Å². The van der Waals surface area contributed by atoms with Gasteiger partial charge in [-0.05, 0) is 83.5 Å². The van der Waals surface area contributed by atoms with Crippen molar-refractivity contribution in [2.45, 2.75) is 405 Å². The van der Waals surface area contributed by atoms with E-state index in [0.29, 0.717) is 17.4 Å². The average Bonchev–Trinajstić information content (AvgIpc) is 2.23. The zero-order valence-electron chi connectivity index (χ0n) is 61.8. The minimum absolute atomic E-state index is 0.0290. The van der Waals surface area contributed by atoms with Gasteiger partial charge in [-0.15, -0.1) is 0 Å². The molecule has 0 spiro atoms. The Morgan fingerprint density at radius 3 is 0.870 bits per heavy atom. The predicted octanol–water partition coefficient (Wildman–Crippen LogP) is 25.9. The molecule has 10 heteroatoms. The molecule has 0 amide bonds. The van der Waals surface area contributed by atoms with Crippen LogP contribution in [-0.4, -0.2) is 70.0 Å². The van der Waals surface area contributed by atoms with Crippen LogP contribution >= 0.6 is 7.82 Å². The summed E-state index contributed by atoms with van der Waals surface area (Å²) >= 11 is 0. The average molecular weight is 1310 g/mol. The van der Waals surface area contributed by atoms with Gasteiger partial charge in [0, 0.05) is 12.8 Å². The van der Waals surface area contributed by atoms with E-state index in [4.69, 9.17) is 18.5 Å². The summed E-state index contributed by atoms with van der Waals surface area (Å²) in [5, 5.41) is 0. The topological polar surface area (TPSA) is 111 Å². The zero-order chi connectivity index (χ0) is 66.9. The number of esters is 2. The lowest BCUT2D eigenvalue weighted by molar-refractivity contribution is -0.870. The summed E-state index contributed by atoms with van der Waals surface area (Å²) in [4.78, 5) is 38.2. The minimum Gasteiger partial charge on any atom is -0.756 e. The lowest BCUT2D eigenvalue weighted by Crippen LogP contribution is -2.37. The summed E-state index contributed by atoms with van der Waals surface area (Å²) in [6.45, 7) is 4.29. The molecule has 0 aliphatic carbocycles. The van der Waals surface area contributed by atoms with Crippen molar-refractivity contribution in [1.82, 2.24) is 0 Å². The molecule has 0 aliphatic rings. The normalized spacial score (nSPS) is 13.3. The molecule has 0 aromatic heterocycles. The van der Waals surface area contributed by atoms with Crippen molar-refractivity contribution in [2.75, 3.05) is 47.5 Å². The van der Waals surface area contributed by atoms with Gasteiger partial charge < -0.3 is 27.9 Å². The Kier molecular flexibility index (Phi) is 71.2. The number of hydrogen-bond acceptors (Lipinski definition) is 8. The monoisotopic (exact) mass is 1310 g/mol. The Morgan fingerprint density at radius 2 is 0.587 bits per heavy atom. The van der Waals surface area contributed by atoms with Gasteiger partial charge in [-0.1, -0.05) is 364 Å². The molecule has 92 heavy (non-hydrogen) atoms. The van der Waals surface area contributed by atoms with E-state index in [1.54, 1.807) is 0 Å². The van der Waals surface area contributed by atoms with Crippen LogP contribution in [0, 0.1) is 0 Å². The van der Waals surface area contributed by atoms with E-state index in [0.717, 1.165) is 51.4 Å². The van der Waals surface area contributed by atoms with Crippen molar-refractivity contribution >= 4 is 19.8 Å². The van der Waals surface area contributed by atoms with Gasteiger partial charge in [-0.2, -0.15) is 0 Å². The van der Waals surface area contributed by atoms with Gasteiger partial charge in [0.05, 0.1) is 27.7 Å². The second-order valence-electron chi connectivity index (χ2n) is 28.4. The maximum atomic E-state index is 12.9. The van der Waals surface area contributed by atoms with Gasteiger partial charge in [-0.3, -0.25) is 14.2 Å². The molecule has 0 heterocycles. The number of ether oxygens (including phenoxy) is 2. The molecule has 0 radical (unpaired) electrons. The van der Waals surface area contributed by atoms with Crippen molar-refractivity contribution in [3.63, 3.8) is 0 Å². The van der Waals surface area contributed by atoms with Crippen LogP contribution in [0.3, 0.4) is 0 Å². The van der Waals surface area contributed by atoms with Crippen LogP contribution in [0.5, 0.6) is 0 Å². The van der Waals surface area contributed by atoms with Crippen LogP contribution in [0.25, 0.3) is 0 Å². The van der Waals surface area contributed by atoms with Gasteiger partial charge in [0.2, 0.25) is 0 Å². The number of unbranched alkanes of at least 4 members (excludes halogenated alkanes) is 51. The first-order valence-corrected chi connectivity index (χ1v) is 41.5. The number of nitrogens with zero attached hydrogens (tertiary/aromatic N) is 1. The molecule has 2 atom stereocenters. The first-order chi connectivity index (χ1) is 45.0. The highest BCUT2D eigenvalue weighted by Crippen LogP contribution is 2.38. The third kappa shape index (κ3) is 76.7. The van der Waals surface area contributed by atoms with E-state index >= 15 is 0 Å². The summed E-state index contributed by atoms with van der Waals surface area (Å²) in [6, 6.07) is 0. The Hall–Kier alpha value is -2.29. The van der Waals surface area contributed by atoms with Crippen molar-refractivity contribution in [3.05, 3.63) is 60.8 Å². The van der Waals surface area contributed by atoms with Gasteiger partial charge >= 0.3 is 11.9 Å². The van der Waals surface area contributed by atoms with Gasteiger partial charge in [0.1, 0.15) is 19.8 Å². The molecule has 9 nitrogen and oxygen atoms in total. The first kappa shape index (κ1) is 89.7. The predicted molar refractivity (Wildman–Crippen MR) is 397 cm³/mol. The fourth-order valence-electron chi connectivity index (χ4n) is 11.9. The standard InChI is InChI=1S/C82H154NO8P/c1-6-8-10-12-14-16-18-20-22-24-26-28-30-32-34-36-38-40-41-43-44-46-48-50-52-54-56-58-60-62-64-66-68-70-72-74-81(84)88-78-80(79-90-92(86,87)89-77-76-83(3,4)5)91-82(85)75-73-71-69-67-65-63-61-59-57-55-53-51-49-47-45-42-39-37-35-33-31-29-27-25-23-21-19-17-15-13-11-9-7-2/h18-21,24-27,31,33,80H,6-17,22-23,28-30,32,34-79H2,1-5H3/b20-18-,21-19-,26-24-,27-25-,33-31-. The number of carbonyl (C=O) groups excluding carboxylic acids is 2. The third-order valence-electron chi connectivity index (χ3n) is 18.0. The lowest BCUT2D eigenvalue weighted by atomic mass is 10.0. The fourth-order valence-corrected chi connectivity index (χ4v) is 12.6. The molecule has 0 rings (SSSR count). The summed E-state index contributed by atoms with van der Waals surface area (Å²) in [5.74, 6) is -0.811. The number of hydrogen-bond donors (Lipinski definition) is 0. The number of rotatable bonds is 75. The Morgan fingerprint density at radius 1 is 0.337 bits per heavy atom. The molecule has 2 unspecified atom stereocenters. The van der Waals surface area contributed by atoms with E-state index in [1.807, 2.05) is 21.1 Å². The van der Waals surface area contributed by atoms with E-state index in [9.17, 15) is 19.0 Å². The molecular weight excluding hydrogens is 1160 g/mol. The molecule has 0 aromatic carbocycles. The molecule has 0 aliphatic heterocycles. The van der Waals surface area contributed by atoms with Gasteiger partial charge in [0.15, 0.2) is 6.10 Å².